The molecule has 0 N–H and O–H groups in total. The minimum atomic E-state index is -4.49. The van der Waals surface area contributed by atoms with Gasteiger partial charge in [0.2, 0.25) is 0 Å². The van der Waals surface area contributed by atoms with Gasteiger partial charge in [-0.05, 0) is 32.9 Å². The molecule has 1 atom stereocenters. The molecule has 0 aliphatic carbocycles. The van der Waals surface area contributed by atoms with Crippen LogP contribution >= 0.6 is 8.81 Å². The molecule has 0 fully saturated rings. The van der Waals surface area contributed by atoms with Crippen LogP contribution in [0.15, 0.2) is 0 Å². The highest BCUT2D eigenvalue weighted by Gasteiger charge is 2.31. The Labute approximate surface area is 104 Å². The third kappa shape index (κ3) is 26.0. The summed E-state index contributed by atoms with van der Waals surface area (Å²) in [5, 5.41) is 0. The lowest BCUT2D eigenvalue weighted by atomic mass is 9.99. The summed E-state index contributed by atoms with van der Waals surface area (Å²) < 4.78 is 42.9. The molecule has 0 aromatic rings. The van der Waals surface area contributed by atoms with Gasteiger partial charge in [-0.2, -0.15) is 0 Å². The zero-order valence-corrected chi connectivity index (χ0v) is 12.7. The summed E-state index contributed by atoms with van der Waals surface area (Å²) >= 11 is 0. The largest absolute Gasteiger partial charge is 0.522 e. The van der Waals surface area contributed by atoms with Crippen LogP contribution in [0.25, 0.3) is 0 Å². The van der Waals surface area contributed by atoms with Gasteiger partial charge in [-0.3, -0.25) is 4.74 Å². The molecular formula is C11H24F3O2P. The van der Waals surface area contributed by atoms with E-state index < -0.39 is 11.8 Å². The molecule has 0 heterocycles. The highest BCUT2D eigenvalue weighted by molar-refractivity contribution is 7.31. The zero-order valence-electron chi connectivity index (χ0n) is 11.7. The van der Waals surface area contributed by atoms with Crippen molar-refractivity contribution in [3.05, 3.63) is 0 Å². The van der Waals surface area contributed by atoms with E-state index in [0.29, 0.717) is 8.81 Å². The average Bonchev–Trinajstić information content (AvgIpc) is 1.97. The lowest BCUT2D eigenvalue weighted by Crippen LogP contribution is -2.22. The smallest absolute Gasteiger partial charge is 0.357 e. The molecule has 0 saturated heterocycles. The van der Waals surface area contributed by atoms with Gasteiger partial charge in [0, 0.05) is 8.81 Å². The van der Waals surface area contributed by atoms with Crippen LogP contribution in [0.4, 0.5) is 13.2 Å². The van der Waals surface area contributed by atoms with Gasteiger partial charge in [-0.25, -0.2) is 0 Å². The summed E-state index contributed by atoms with van der Waals surface area (Å²) in [6.07, 6.45) is -4.49. The first-order valence-electron chi connectivity index (χ1n) is 5.32. The van der Waals surface area contributed by atoms with Crippen molar-refractivity contribution in [1.82, 2.24) is 0 Å². The van der Waals surface area contributed by atoms with Crippen LogP contribution in [0, 0.1) is 5.41 Å². The fraction of sp³-hybridized carbons (Fsp3) is 1.00. The van der Waals surface area contributed by atoms with Crippen LogP contribution in [-0.4, -0.2) is 25.2 Å². The average molecular weight is 276 g/mol. The first-order chi connectivity index (χ1) is 7.27. The highest BCUT2D eigenvalue weighted by Crippen LogP contribution is 2.22. The molecule has 17 heavy (non-hydrogen) atoms. The van der Waals surface area contributed by atoms with Crippen molar-refractivity contribution >= 4 is 8.81 Å². The quantitative estimate of drug-likeness (QED) is 0.686. The van der Waals surface area contributed by atoms with Crippen LogP contribution in [0.3, 0.4) is 0 Å². The molecule has 0 aliphatic heterocycles. The van der Waals surface area contributed by atoms with E-state index in [2.05, 4.69) is 25.5 Å². The first-order valence-corrected chi connectivity index (χ1v) is 6.73. The molecule has 0 aromatic carbocycles. The summed E-state index contributed by atoms with van der Waals surface area (Å²) in [7, 11) is 0.609. The SMILES string of the molecule is CC(C)(C)COC(F)(F)F.CPOC(C)(C)C. The Hall–Kier alpha value is 0.140. The Morgan fingerprint density at radius 1 is 0.941 bits per heavy atom. The van der Waals surface area contributed by atoms with Crippen molar-refractivity contribution in [3.63, 3.8) is 0 Å². The molecule has 0 rings (SSSR count). The molecule has 6 heteroatoms. The monoisotopic (exact) mass is 276 g/mol. The van der Waals surface area contributed by atoms with Gasteiger partial charge >= 0.3 is 6.36 Å². The molecule has 106 valence electrons. The van der Waals surface area contributed by atoms with Crippen LogP contribution in [-0.2, 0) is 9.26 Å². The normalized spacial score (nSPS) is 13.8. The Morgan fingerprint density at radius 2 is 1.35 bits per heavy atom. The van der Waals surface area contributed by atoms with Crippen molar-refractivity contribution in [1.29, 1.82) is 0 Å². The van der Waals surface area contributed by atoms with E-state index >= 15 is 0 Å². The fourth-order valence-corrected chi connectivity index (χ4v) is 1.22. The Bertz CT molecular complexity index is 178. The van der Waals surface area contributed by atoms with Gasteiger partial charge in [-0.15, -0.1) is 13.2 Å². The van der Waals surface area contributed by atoms with Crippen molar-refractivity contribution in [2.75, 3.05) is 13.3 Å². The van der Waals surface area contributed by atoms with Crippen molar-refractivity contribution in [3.8, 4) is 0 Å². The highest BCUT2D eigenvalue weighted by atomic mass is 31.1. The number of alkyl halides is 3. The fourth-order valence-electron chi connectivity index (χ4n) is 0.605. The maximum atomic E-state index is 11.4. The van der Waals surface area contributed by atoms with E-state index in [1.54, 1.807) is 20.8 Å². The second-order valence-electron chi connectivity index (χ2n) is 5.71. The minimum absolute atomic E-state index is 0.0627. The molecule has 0 aromatic heterocycles. The number of ether oxygens (including phenoxy) is 1. The molecule has 0 bridgehead atoms. The summed E-state index contributed by atoms with van der Waals surface area (Å²) in [5.74, 6) is 0. The standard InChI is InChI=1S/C6H11F3O.C5H13OP/c1-5(2,3)4-10-6(7,8)9;1-5(2,3)6-7-4/h4H2,1-3H3;7H,1-4H3. The summed E-state index contributed by atoms with van der Waals surface area (Å²) in [4.78, 5) is 0. The summed E-state index contributed by atoms with van der Waals surface area (Å²) in [6, 6.07) is 0. The van der Waals surface area contributed by atoms with E-state index in [1.165, 1.54) is 0 Å². The maximum absolute atomic E-state index is 11.4. The van der Waals surface area contributed by atoms with Gasteiger partial charge in [0.25, 0.3) is 0 Å². The first kappa shape index (κ1) is 19.5. The second-order valence-corrected chi connectivity index (χ2v) is 6.33. The van der Waals surface area contributed by atoms with Crippen LogP contribution in [0.2, 0.25) is 0 Å². The van der Waals surface area contributed by atoms with Gasteiger partial charge in [0.05, 0.1) is 12.2 Å². The van der Waals surface area contributed by atoms with E-state index in [9.17, 15) is 13.2 Å². The molecule has 0 amide bonds. The van der Waals surface area contributed by atoms with Crippen LogP contribution in [0.5, 0.6) is 0 Å². The van der Waals surface area contributed by atoms with Crippen molar-refractivity contribution in [2.45, 2.75) is 53.5 Å². The number of hydrogen-bond donors (Lipinski definition) is 0. The van der Waals surface area contributed by atoms with Crippen molar-refractivity contribution < 1.29 is 22.4 Å². The Balaban J connectivity index is 0. The minimum Gasteiger partial charge on any atom is -0.357 e. The van der Waals surface area contributed by atoms with E-state index in [0.717, 1.165) is 0 Å². The molecule has 1 unspecified atom stereocenters. The number of rotatable bonds is 2. The molecular weight excluding hydrogens is 252 g/mol. The predicted octanol–water partition coefficient (Wildman–Crippen LogP) is 4.59. The van der Waals surface area contributed by atoms with Crippen LogP contribution in [0.1, 0.15) is 41.5 Å². The molecule has 2 nitrogen and oxygen atoms in total. The van der Waals surface area contributed by atoms with Gasteiger partial charge in [-0.1, -0.05) is 20.8 Å². The van der Waals surface area contributed by atoms with E-state index in [-0.39, 0.29) is 12.2 Å². The Kier molecular flexibility index (Phi) is 8.65. The van der Waals surface area contributed by atoms with Gasteiger partial charge in [0.1, 0.15) is 0 Å². The molecule has 0 spiro atoms. The zero-order chi connectivity index (χ0) is 14.3. The third-order valence-electron chi connectivity index (χ3n) is 1.08. The van der Waals surface area contributed by atoms with Crippen molar-refractivity contribution in [2.24, 2.45) is 5.41 Å². The van der Waals surface area contributed by atoms with E-state index in [1.807, 2.05) is 6.66 Å². The van der Waals surface area contributed by atoms with E-state index in [4.69, 9.17) is 4.52 Å². The topological polar surface area (TPSA) is 18.5 Å². The summed E-state index contributed by atoms with van der Waals surface area (Å²) in [5.41, 5.74) is -0.372. The van der Waals surface area contributed by atoms with Crippen LogP contribution < -0.4 is 0 Å². The van der Waals surface area contributed by atoms with Gasteiger partial charge < -0.3 is 4.52 Å². The molecule has 0 aliphatic rings. The van der Waals surface area contributed by atoms with Gasteiger partial charge in [0.15, 0.2) is 0 Å². The number of hydrogen-bond acceptors (Lipinski definition) is 2. The third-order valence-corrected chi connectivity index (χ3v) is 1.89. The Morgan fingerprint density at radius 3 is 1.41 bits per heavy atom. The lowest BCUT2D eigenvalue weighted by Gasteiger charge is -2.18. The second kappa shape index (κ2) is 7.55. The predicted molar refractivity (Wildman–Crippen MR) is 66.5 cm³/mol. The number of halogens is 3. The molecule has 0 radical (unpaired) electrons. The summed E-state index contributed by atoms with van der Waals surface area (Å²) in [6.45, 7) is 13.0. The lowest BCUT2D eigenvalue weighted by molar-refractivity contribution is -0.331. The molecule has 0 saturated carbocycles. The maximum Gasteiger partial charge on any atom is 0.522 e.